The maximum Gasteiger partial charge on any atom is 0.326 e. The molecule has 3 N–H and O–H groups in total. The topological polar surface area (TPSA) is 85.9 Å². The van der Waals surface area contributed by atoms with E-state index in [1.807, 2.05) is 6.26 Å². The van der Waals surface area contributed by atoms with Gasteiger partial charge < -0.3 is 10.1 Å². The molecule has 0 fully saturated rings. The van der Waals surface area contributed by atoms with Crippen LogP contribution in [0.2, 0.25) is 10.0 Å². The quantitative estimate of drug-likeness (QED) is 0.363. The van der Waals surface area contributed by atoms with Gasteiger partial charge in [0.15, 0.2) is 0 Å². The Morgan fingerprint density at radius 3 is 2.48 bits per heavy atom. The van der Waals surface area contributed by atoms with Gasteiger partial charge in [-0.3, -0.25) is 9.78 Å². The summed E-state index contributed by atoms with van der Waals surface area (Å²) in [4.78, 5) is 29.1. The van der Waals surface area contributed by atoms with Crippen molar-refractivity contribution in [2.45, 2.75) is 10.1 Å². The Hall–Kier alpha value is -1.52. The molecule has 11 heteroatoms. The molecule has 0 saturated carbocycles. The van der Waals surface area contributed by atoms with Crippen molar-refractivity contribution in [3.63, 3.8) is 0 Å². The fourth-order valence-corrected chi connectivity index (χ4v) is 5.28. The van der Waals surface area contributed by atoms with Crippen molar-refractivity contribution in [2.24, 2.45) is 0 Å². The van der Waals surface area contributed by atoms with Crippen molar-refractivity contribution in [1.29, 1.82) is 0 Å². The van der Waals surface area contributed by atoms with Crippen LogP contribution < -0.4 is 11.2 Å². The molecule has 0 amide bonds. The first kappa shape index (κ1) is 22.2. The number of aromatic amines is 2. The second-order valence-corrected chi connectivity index (χ2v) is 8.97. The van der Waals surface area contributed by atoms with Crippen LogP contribution in [0.5, 0.6) is 0 Å². The first-order valence-corrected chi connectivity index (χ1v) is 11.2. The van der Waals surface area contributed by atoms with E-state index in [0.717, 1.165) is 6.07 Å². The summed E-state index contributed by atoms with van der Waals surface area (Å²) in [6, 6.07) is 3.05. The average molecular weight is 479 g/mol. The van der Waals surface area contributed by atoms with Crippen molar-refractivity contribution >= 4 is 57.6 Å². The van der Waals surface area contributed by atoms with Crippen LogP contribution in [0.4, 0.5) is 8.78 Å². The Morgan fingerprint density at radius 2 is 1.83 bits per heavy atom. The minimum absolute atomic E-state index is 0.0313. The molecule has 0 radical (unpaired) electrons. The zero-order chi connectivity index (χ0) is 21.3. The largest absolute Gasteiger partial charge is 0.395 e. The van der Waals surface area contributed by atoms with Gasteiger partial charge >= 0.3 is 5.69 Å². The first-order valence-electron chi connectivity index (χ1n) is 8.17. The molecule has 0 saturated heterocycles. The van der Waals surface area contributed by atoms with E-state index in [0.29, 0.717) is 16.7 Å². The number of aromatic nitrogens is 2. The van der Waals surface area contributed by atoms with Gasteiger partial charge in [-0.2, -0.15) is 11.8 Å². The number of hydrogen-bond donors (Lipinski definition) is 3. The smallest absolute Gasteiger partial charge is 0.326 e. The zero-order valence-corrected chi connectivity index (χ0v) is 18.0. The van der Waals surface area contributed by atoms with Gasteiger partial charge in [0, 0.05) is 33.1 Å². The number of aliphatic hydroxyl groups excluding tert-OH is 1. The lowest BCUT2D eigenvalue weighted by molar-refractivity contribution is 0.301. The van der Waals surface area contributed by atoms with Crippen LogP contribution in [0, 0.1) is 11.6 Å². The molecule has 0 aliphatic heterocycles. The van der Waals surface area contributed by atoms with E-state index in [2.05, 4.69) is 9.97 Å². The third-order valence-electron chi connectivity index (χ3n) is 4.17. The highest BCUT2D eigenvalue weighted by Crippen LogP contribution is 2.43. The number of hydrogen-bond acceptors (Lipinski definition) is 5. The van der Waals surface area contributed by atoms with Crippen LogP contribution in [-0.4, -0.2) is 38.9 Å². The molecule has 2 aromatic carbocycles. The molecule has 1 aromatic heterocycles. The summed E-state index contributed by atoms with van der Waals surface area (Å²) in [7, 11) is 0. The summed E-state index contributed by atoms with van der Waals surface area (Å²) in [6.45, 7) is -0.101. The highest BCUT2D eigenvalue weighted by atomic mass is 35.5. The minimum atomic E-state index is -0.924. The van der Waals surface area contributed by atoms with Crippen LogP contribution in [0.15, 0.2) is 32.7 Å². The number of thioether (sulfide) groups is 2. The lowest BCUT2D eigenvalue weighted by Gasteiger charge is -2.17. The molecule has 0 spiro atoms. The number of aliphatic hydroxyl groups is 1. The van der Waals surface area contributed by atoms with E-state index in [4.69, 9.17) is 23.2 Å². The molecular formula is C18H14Cl2F2N2O3S2. The van der Waals surface area contributed by atoms with Gasteiger partial charge in [0.05, 0.1) is 27.6 Å². The summed E-state index contributed by atoms with van der Waals surface area (Å²) in [5.74, 6) is -1.44. The molecular weight excluding hydrogens is 465 g/mol. The van der Waals surface area contributed by atoms with Gasteiger partial charge in [0.1, 0.15) is 11.6 Å². The zero-order valence-electron chi connectivity index (χ0n) is 14.8. The summed E-state index contributed by atoms with van der Waals surface area (Å²) in [5, 5.41) is 9.15. The normalized spacial score (nSPS) is 12.5. The van der Waals surface area contributed by atoms with Gasteiger partial charge in [-0.25, -0.2) is 13.6 Å². The number of H-pyrrole nitrogens is 2. The molecule has 29 heavy (non-hydrogen) atoms. The standard InChI is InChI=1S/C18H14Cl2F2N2O3S2/c1-28-7(5-25)6-29-16-14(8-2-10(19)13(22)4-12(8)21)11(20)3-9-15(16)23-18(27)24-17(9)26/h2-4,7,25H,5-6H2,1H3,(H2,23,24,26,27). The second-order valence-electron chi connectivity index (χ2n) is 5.99. The summed E-state index contributed by atoms with van der Waals surface area (Å²) in [6.07, 6.45) is 1.82. The molecule has 0 bridgehead atoms. The minimum Gasteiger partial charge on any atom is -0.395 e. The van der Waals surface area contributed by atoms with Gasteiger partial charge in [-0.15, -0.1) is 11.8 Å². The number of nitrogens with one attached hydrogen (secondary N) is 2. The maximum atomic E-state index is 14.6. The molecule has 1 heterocycles. The Kier molecular flexibility index (Phi) is 6.95. The van der Waals surface area contributed by atoms with Crippen molar-refractivity contribution in [3.05, 3.63) is 60.7 Å². The number of fused-ring (bicyclic) bond motifs is 1. The Bertz CT molecular complexity index is 1200. The number of rotatable bonds is 6. The SMILES string of the molecule is CSC(CO)CSc1c(-c2cc(Cl)c(F)cc2F)c(Cl)cc2c(=O)[nH]c(=O)[nH]c12. The molecule has 3 aromatic rings. The van der Waals surface area contributed by atoms with Crippen LogP contribution >= 0.6 is 46.7 Å². The summed E-state index contributed by atoms with van der Waals surface area (Å²) >= 11 is 14.8. The molecule has 154 valence electrons. The van der Waals surface area contributed by atoms with Crippen molar-refractivity contribution in [2.75, 3.05) is 18.6 Å². The molecule has 1 atom stereocenters. The Morgan fingerprint density at radius 1 is 1.10 bits per heavy atom. The summed E-state index contributed by atoms with van der Waals surface area (Å²) < 4.78 is 28.3. The third kappa shape index (κ3) is 4.49. The monoisotopic (exact) mass is 478 g/mol. The lowest BCUT2D eigenvalue weighted by atomic mass is 10.0. The lowest BCUT2D eigenvalue weighted by Crippen LogP contribution is -2.22. The number of halogens is 4. The first-order chi connectivity index (χ1) is 13.8. The van der Waals surface area contributed by atoms with E-state index in [1.165, 1.54) is 29.6 Å². The van der Waals surface area contributed by atoms with E-state index in [1.54, 1.807) is 0 Å². The molecule has 0 aliphatic carbocycles. The van der Waals surface area contributed by atoms with Crippen LogP contribution in [0.3, 0.4) is 0 Å². The molecule has 0 aliphatic rings. The van der Waals surface area contributed by atoms with Gasteiger partial charge in [0.25, 0.3) is 5.56 Å². The third-order valence-corrected chi connectivity index (χ3v) is 7.22. The highest BCUT2D eigenvalue weighted by molar-refractivity contribution is 8.03. The van der Waals surface area contributed by atoms with E-state index < -0.39 is 22.9 Å². The van der Waals surface area contributed by atoms with E-state index in [9.17, 15) is 23.5 Å². The van der Waals surface area contributed by atoms with Crippen molar-refractivity contribution in [3.8, 4) is 11.1 Å². The Labute approximate surface area is 181 Å². The van der Waals surface area contributed by atoms with Gasteiger partial charge in [0.2, 0.25) is 0 Å². The highest BCUT2D eigenvalue weighted by Gasteiger charge is 2.22. The predicted molar refractivity (Wildman–Crippen MR) is 116 cm³/mol. The van der Waals surface area contributed by atoms with Crippen molar-refractivity contribution < 1.29 is 13.9 Å². The average Bonchev–Trinajstić information content (AvgIpc) is 2.66. The van der Waals surface area contributed by atoms with Crippen LogP contribution in [0.25, 0.3) is 22.0 Å². The van der Waals surface area contributed by atoms with Crippen molar-refractivity contribution in [1.82, 2.24) is 9.97 Å². The predicted octanol–water partition coefficient (Wildman–Crippen LogP) is 4.28. The van der Waals surface area contributed by atoms with Crippen LogP contribution in [-0.2, 0) is 0 Å². The fourth-order valence-electron chi connectivity index (χ4n) is 2.73. The van der Waals surface area contributed by atoms with E-state index >= 15 is 0 Å². The van der Waals surface area contributed by atoms with Gasteiger partial charge in [-0.1, -0.05) is 23.2 Å². The molecule has 1 unspecified atom stereocenters. The van der Waals surface area contributed by atoms with E-state index in [-0.39, 0.29) is 43.9 Å². The van der Waals surface area contributed by atoms with Gasteiger partial charge in [-0.05, 0) is 18.4 Å². The fraction of sp³-hybridized carbons (Fsp3) is 0.222. The summed E-state index contributed by atoms with van der Waals surface area (Å²) in [5.41, 5.74) is -1.13. The van der Waals surface area contributed by atoms with Crippen LogP contribution in [0.1, 0.15) is 0 Å². The number of benzene rings is 2. The second kappa shape index (κ2) is 9.09. The molecule has 3 rings (SSSR count). The maximum absolute atomic E-state index is 14.6. The Balaban J connectivity index is 2.35. The molecule has 5 nitrogen and oxygen atoms in total.